The maximum absolute atomic E-state index is 12.6. The highest BCUT2D eigenvalue weighted by atomic mass is 16.5. The van der Waals surface area contributed by atoms with Gasteiger partial charge >= 0.3 is 0 Å². The van der Waals surface area contributed by atoms with E-state index in [1.165, 1.54) is 0 Å². The number of nitrogens with zero attached hydrogens (tertiary/aromatic N) is 2. The van der Waals surface area contributed by atoms with Crippen molar-refractivity contribution in [2.45, 2.75) is 20.1 Å². The monoisotopic (exact) mass is 336 g/mol. The van der Waals surface area contributed by atoms with Gasteiger partial charge < -0.3 is 14.4 Å². The minimum atomic E-state index is -0.0405. The smallest absolute Gasteiger partial charge is 0.213 e. The third-order valence-corrected chi connectivity index (χ3v) is 3.94. The van der Waals surface area contributed by atoms with Crippen molar-refractivity contribution in [1.29, 1.82) is 0 Å². The maximum Gasteiger partial charge on any atom is 0.213 e. The van der Waals surface area contributed by atoms with Crippen LogP contribution in [0.5, 0.6) is 5.88 Å². The molecule has 0 radical (unpaired) electrons. The van der Waals surface area contributed by atoms with Crippen molar-refractivity contribution < 1.29 is 14.6 Å². The summed E-state index contributed by atoms with van der Waals surface area (Å²) in [4.78, 5) is 16.8. The number of aromatic nitrogens is 2. The lowest BCUT2D eigenvalue weighted by Crippen LogP contribution is -2.14. The van der Waals surface area contributed by atoms with Crippen LogP contribution in [0.3, 0.4) is 0 Å². The minimum Gasteiger partial charge on any atom is -0.476 e. The van der Waals surface area contributed by atoms with Crippen LogP contribution >= 0.6 is 0 Å². The van der Waals surface area contributed by atoms with Gasteiger partial charge in [0.1, 0.15) is 6.61 Å². The Bertz CT molecular complexity index is 836. The number of ether oxygens (including phenoxy) is 1. The van der Waals surface area contributed by atoms with Crippen LogP contribution < -0.4 is 4.74 Å². The number of hydrogen-bond donors (Lipinski definition) is 1. The lowest BCUT2D eigenvalue weighted by molar-refractivity contribution is 0.102. The Hall–Kier alpha value is -2.92. The largest absolute Gasteiger partial charge is 0.476 e. The molecule has 1 aromatic carbocycles. The number of ketones is 1. The van der Waals surface area contributed by atoms with E-state index >= 15 is 0 Å². The number of hydrogen-bond acceptors (Lipinski definition) is 4. The van der Waals surface area contributed by atoms with Crippen molar-refractivity contribution >= 4 is 5.78 Å². The summed E-state index contributed by atoms with van der Waals surface area (Å²) in [7, 11) is 0. The zero-order valence-electron chi connectivity index (χ0n) is 14.1. The van der Waals surface area contributed by atoms with E-state index in [2.05, 4.69) is 4.98 Å². The van der Waals surface area contributed by atoms with Gasteiger partial charge in [-0.25, -0.2) is 4.98 Å². The van der Waals surface area contributed by atoms with Crippen LogP contribution in [0.4, 0.5) is 0 Å². The lowest BCUT2D eigenvalue weighted by Gasteiger charge is -2.10. The van der Waals surface area contributed by atoms with Crippen LogP contribution in [-0.4, -0.2) is 27.0 Å². The summed E-state index contributed by atoms with van der Waals surface area (Å²) in [5.74, 6) is 0.492. The second-order valence-electron chi connectivity index (χ2n) is 5.79. The van der Waals surface area contributed by atoms with Gasteiger partial charge in [0, 0.05) is 24.0 Å². The molecule has 0 atom stereocenters. The molecular formula is C20H20N2O3. The summed E-state index contributed by atoms with van der Waals surface area (Å²) in [5, 5.41) is 9.01. The van der Waals surface area contributed by atoms with E-state index in [1.54, 1.807) is 18.3 Å². The molecule has 2 heterocycles. The molecule has 0 aliphatic heterocycles. The standard InChI is InChI=1S/C20H20N2O3/c1-15-4-7-17(8-5-15)20(24)18-3-2-10-22(18)11-12-25-19-9-6-16(14-23)13-21-19/h2-10,13,23H,11-12,14H2,1H3. The Kier molecular flexibility index (Phi) is 5.26. The minimum absolute atomic E-state index is 0.00424. The Labute approximate surface area is 146 Å². The maximum atomic E-state index is 12.6. The van der Waals surface area contributed by atoms with Crippen LogP contribution in [0.2, 0.25) is 0 Å². The van der Waals surface area contributed by atoms with E-state index in [0.29, 0.717) is 30.3 Å². The fourth-order valence-electron chi connectivity index (χ4n) is 2.51. The van der Waals surface area contributed by atoms with Crippen LogP contribution in [0, 0.1) is 6.92 Å². The average molecular weight is 336 g/mol. The molecule has 0 aliphatic rings. The fourth-order valence-corrected chi connectivity index (χ4v) is 2.51. The molecule has 0 amide bonds. The van der Waals surface area contributed by atoms with E-state index in [4.69, 9.17) is 9.84 Å². The quantitative estimate of drug-likeness (QED) is 0.674. The molecule has 0 saturated carbocycles. The van der Waals surface area contributed by atoms with Crippen LogP contribution in [0.25, 0.3) is 0 Å². The molecule has 3 aromatic rings. The summed E-state index contributed by atoms with van der Waals surface area (Å²) in [5.41, 5.74) is 3.17. The number of pyridine rings is 1. The Morgan fingerprint density at radius 3 is 2.64 bits per heavy atom. The van der Waals surface area contributed by atoms with E-state index in [9.17, 15) is 4.79 Å². The van der Waals surface area contributed by atoms with Gasteiger partial charge in [0.15, 0.2) is 0 Å². The number of carbonyl (C=O) groups excluding carboxylic acids is 1. The SMILES string of the molecule is Cc1ccc(C(=O)c2cccn2CCOc2ccc(CO)cn2)cc1. The summed E-state index contributed by atoms with van der Waals surface area (Å²) in [6, 6.07) is 14.7. The highest BCUT2D eigenvalue weighted by molar-refractivity contribution is 6.08. The van der Waals surface area contributed by atoms with Crippen LogP contribution in [0.1, 0.15) is 27.2 Å². The Morgan fingerprint density at radius 2 is 1.96 bits per heavy atom. The molecule has 5 nitrogen and oxygen atoms in total. The zero-order chi connectivity index (χ0) is 17.6. The van der Waals surface area contributed by atoms with Crippen LogP contribution in [0.15, 0.2) is 60.9 Å². The van der Waals surface area contributed by atoms with Crippen molar-refractivity contribution in [2.24, 2.45) is 0 Å². The zero-order valence-corrected chi connectivity index (χ0v) is 14.1. The summed E-state index contributed by atoms with van der Waals surface area (Å²) >= 11 is 0. The van der Waals surface area contributed by atoms with Gasteiger partial charge in [-0.15, -0.1) is 0 Å². The van der Waals surface area contributed by atoms with E-state index < -0.39 is 0 Å². The van der Waals surface area contributed by atoms with Crippen molar-refractivity contribution in [2.75, 3.05) is 6.61 Å². The van der Waals surface area contributed by atoms with Crippen molar-refractivity contribution in [3.05, 3.63) is 83.3 Å². The van der Waals surface area contributed by atoms with Gasteiger partial charge in [-0.3, -0.25) is 4.79 Å². The number of aliphatic hydroxyl groups excluding tert-OH is 1. The summed E-state index contributed by atoms with van der Waals surface area (Å²) in [6.45, 7) is 2.90. The van der Waals surface area contributed by atoms with Gasteiger partial charge in [0.25, 0.3) is 0 Å². The average Bonchev–Trinajstić information content (AvgIpc) is 3.11. The summed E-state index contributed by atoms with van der Waals surface area (Å²) in [6.07, 6.45) is 3.45. The molecule has 3 rings (SSSR count). The Balaban J connectivity index is 1.63. The van der Waals surface area contributed by atoms with Gasteiger partial charge in [0.05, 0.1) is 18.8 Å². The number of carbonyl (C=O) groups is 1. The molecule has 0 spiro atoms. The first kappa shape index (κ1) is 16.9. The lowest BCUT2D eigenvalue weighted by atomic mass is 10.1. The first-order valence-corrected chi connectivity index (χ1v) is 8.12. The van der Waals surface area contributed by atoms with E-state index in [0.717, 1.165) is 11.1 Å². The topological polar surface area (TPSA) is 64.3 Å². The Morgan fingerprint density at radius 1 is 1.16 bits per heavy atom. The molecule has 128 valence electrons. The molecule has 0 unspecified atom stereocenters. The highest BCUT2D eigenvalue weighted by Gasteiger charge is 2.13. The number of aliphatic hydroxyl groups is 1. The number of rotatable bonds is 7. The van der Waals surface area contributed by atoms with E-state index in [1.807, 2.05) is 54.1 Å². The van der Waals surface area contributed by atoms with Crippen molar-refractivity contribution in [1.82, 2.24) is 9.55 Å². The van der Waals surface area contributed by atoms with Crippen molar-refractivity contribution in [3.63, 3.8) is 0 Å². The highest BCUT2D eigenvalue weighted by Crippen LogP contribution is 2.13. The molecule has 25 heavy (non-hydrogen) atoms. The first-order valence-electron chi connectivity index (χ1n) is 8.12. The molecule has 0 aliphatic carbocycles. The predicted octanol–water partition coefficient (Wildman–Crippen LogP) is 2.99. The second kappa shape index (κ2) is 7.77. The van der Waals surface area contributed by atoms with Gasteiger partial charge in [-0.1, -0.05) is 29.8 Å². The molecule has 0 saturated heterocycles. The normalized spacial score (nSPS) is 10.6. The molecular weight excluding hydrogens is 316 g/mol. The van der Waals surface area contributed by atoms with E-state index in [-0.39, 0.29) is 12.4 Å². The second-order valence-corrected chi connectivity index (χ2v) is 5.79. The molecule has 2 aromatic heterocycles. The summed E-state index contributed by atoms with van der Waals surface area (Å²) < 4.78 is 7.49. The predicted molar refractivity (Wildman–Crippen MR) is 94.7 cm³/mol. The third-order valence-electron chi connectivity index (χ3n) is 3.94. The van der Waals surface area contributed by atoms with Crippen LogP contribution in [-0.2, 0) is 13.2 Å². The van der Waals surface area contributed by atoms with Gasteiger partial charge in [0.2, 0.25) is 11.7 Å². The van der Waals surface area contributed by atoms with Gasteiger partial charge in [-0.2, -0.15) is 0 Å². The number of benzene rings is 1. The number of aryl methyl sites for hydroxylation is 1. The molecule has 0 fully saturated rings. The fraction of sp³-hybridized carbons (Fsp3) is 0.200. The van der Waals surface area contributed by atoms with Gasteiger partial charge in [-0.05, 0) is 30.7 Å². The molecule has 1 N–H and O–H groups in total. The molecule has 0 bridgehead atoms. The molecule has 5 heteroatoms. The third kappa shape index (κ3) is 4.14. The van der Waals surface area contributed by atoms with Crippen molar-refractivity contribution in [3.8, 4) is 5.88 Å². The first-order chi connectivity index (χ1) is 12.2.